The first-order valence-corrected chi connectivity index (χ1v) is 7.62. The Morgan fingerprint density at radius 3 is 2.91 bits per heavy atom. The number of nitrogens with one attached hydrogen (secondary N) is 1. The summed E-state index contributed by atoms with van der Waals surface area (Å²) in [6.07, 6.45) is 1.40. The van der Waals surface area contributed by atoms with Crippen LogP contribution >= 0.6 is 11.3 Å². The highest BCUT2D eigenvalue weighted by Gasteiger charge is 2.21. The van der Waals surface area contributed by atoms with Gasteiger partial charge in [-0.15, -0.1) is 11.3 Å². The second-order valence-corrected chi connectivity index (χ2v) is 5.53. The van der Waals surface area contributed by atoms with E-state index >= 15 is 0 Å². The van der Waals surface area contributed by atoms with Crippen molar-refractivity contribution in [1.82, 2.24) is 20.4 Å². The third-order valence-electron chi connectivity index (χ3n) is 3.13. The summed E-state index contributed by atoms with van der Waals surface area (Å²) < 4.78 is 9.97. The van der Waals surface area contributed by atoms with Crippen LogP contribution in [0.4, 0.5) is 0 Å². The molecule has 3 heterocycles. The topological polar surface area (TPSA) is 97.6 Å². The number of hydrogen-bond acceptors (Lipinski definition) is 7. The molecule has 8 nitrogen and oxygen atoms in total. The summed E-state index contributed by atoms with van der Waals surface area (Å²) in [5.74, 6) is -0.331. The van der Waals surface area contributed by atoms with Gasteiger partial charge >= 0.3 is 0 Å². The molecule has 0 aromatic carbocycles. The minimum Gasteiger partial charge on any atom is -0.378 e. The van der Waals surface area contributed by atoms with Crippen molar-refractivity contribution < 1.29 is 18.8 Å². The number of thiazole rings is 1. The highest BCUT2D eigenvalue weighted by atomic mass is 32.1. The highest BCUT2D eigenvalue weighted by Crippen LogP contribution is 2.13. The number of ether oxygens (including phenoxy) is 1. The molecule has 1 fully saturated rings. The van der Waals surface area contributed by atoms with Crippen LogP contribution in [0.25, 0.3) is 0 Å². The third kappa shape index (κ3) is 3.31. The van der Waals surface area contributed by atoms with Crippen molar-refractivity contribution >= 4 is 23.2 Å². The zero-order valence-corrected chi connectivity index (χ0v) is 12.5. The van der Waals surface area contributed by atoms with Crippen molar-refractivity contribution in [3.05, 3.63) is 34.1 Å². The van der Waals surface area contributed by atoms with Crippen molar-refractivity contribution in [2.75, 3.05) is 26.3 Å². The number of carbonyl (C=O) groups is 2. The molecule has 0 unspecified atom stereocenters. The fourth-order valence-corrected chi connectivity index (χ4v) is 2.70. The van der Waals surface area contributed by atoms with Gasteiger partial charge < -0.3 is 19.5 Å². The summed E-state index contributed by atoms with van der Waals surface area (Å²) in [6, 6.07) is 1.48. The van der Waals surface area contributed by atoms with Crippen LogP contribution in [-0.2, 0) is 11.3 Å². The van der Waals surface area contributed by atoms with Crippen LogP contribution in [0.15, 0.2) is 22.2 Å². The molecule has 22 heavy (non-hydrogen) atoms. The highest BCUT2D eigenvalue weighted by molar-refractivity contribution is 7.09. The van der Waals surface area contributed by atoms with Crippen molar-refractivity contribution in [2.24, 2.45) is 0 Å². The van der Waals surface area contributed by atoms with Crippen LogP contribution < -0.4 is 5.32 Å². The third-order valence-corrected chi connectivity index (χ3v) is 3.98. The molecule has 1 saturated heterocycles. The van der Waals surface area contributed by atoms with E-state index in [1.165, 1.54) is 23.6 Å². The van der Waals surface area contributed by atoms with E-state index in [2.05, 4.69) is 15.5 Å². The van der Waals surface area contributed by atoms with E-state index in [1.54, 1.807) is 10.3 Å². The lowest BCUT2D eigenvalue weighted by Gasteiger charge is -2.25. The van der Waals surface area contributed by atoms with Crippen molar-refractivity contribution in [3.63, 3.8) is 0 Å². The Morgan fingerprint density at radius 1 is 1.36 bits per heavy atom. The molecule has 116 valence electrons. The standard InChI is InChI=1S/C13H14N4O4S/c18-12(10-1-2-15-21-10)14-7-11-16-9(8-22-11)13(19)17-3-5-20-6-4-17/h1-2,8H,3-7H2,(H,14,18). The molecular weight excluding hydrogens is 308 g/mol. The van der Waals surface area contributed by atoms with Gasteiger partial charge in [-0.3, -0.25) is 9.59 Å². The lowest BCUT2D eigenvalue weighted by atomic mass is 10.3. The van der Waals surface area contributed by atoms with Gasteiger partial charge in [0.25, 0.3) is 11.8 Å². The SMILES string of the molecule is O=C(NCc1nc(C(=O)N2CCOCC2)cs1)c1ccno1. The van der Waals surface area contributed by atoms with E-state index in [0.717, 1.165) is 0 Å². The monoisotopic (exact) mass is 322 g/mol. The van der Waals surface area contributed by atoms with Crippen LogP contribution in [0.1, 0.15) is 26.1 Å². The first-order valence-electron chi connectivity index (χ1n) is 6.74. The van der Waals surface area contributed by atoms with Crippen LogP contribution in [-0.4, -0.2) is 53.2 Å². The fourth-order valence-electron chi connectivity index (χ4n) is 1.99. The Hall–Kier alpha value is -2.26. The maximum Gasteiger partial charge on any atom is 0.290 e. The van der Waals surface area contributed by atoms with Gasteiger partial charge in [0.15, 0.2) is 0 Å². The van der Waals surface area contributed by atoms with Gasteiger partial charge in [-0.2, -0.15) is 0 Å². The number of nitrogens with zero attached hydrogens (tertiary/aromatic N) is 3. The van der Waals surface area contributed by atoms with E-state index in [4.69, 9.17) is 9.26 Å². The summed E-state index contributed by atoms with van der Waals surface area (Å²) in [4.78, 5) is 29.9. The van der Waals surface area contributed by atoms with Gasteiger partial charge in [0.05, 0.1) is 26.0 Å². The second kappa shape index (κ2) is 6.67. The zero-order valence-electron chi connectivity index (χ0n) is 11.7. The number of amides is 2. The van der Waals surface area contributed by atoms with E-state index in [-0.39, 0.29) is 24.1 Å². The molecule has 0 saturated carbocycles. The zero-order chi connectivity index (χ0) is 15.4. The predicted octanol–water partition coefficient (Wildman–Crippen LogP) is 0.533. The van der Waals surface area contributed by atoms with Gasteiger partial charge in [0.1, 0.15) is 10.7 Å². The second-order valence-electron chi connectivity index (χ2n) is 4.59. The largest absolute Gasteiger partial charge is 0.378 e. The Balaban J connectivity index is 1.56. The molecular formula is C13H14N4O4S. The molecule has 1 aliphatic rings. The first kappa shape index (κ1) is 14.7. The Kier molecular flexibility index (Phi) is 4.45. The molecule has 2 aromatic rings. The molecule has 3 rings (SSSR count). The van der Waals surface area contributed by atoms with Crippen molar-refractivity contribution in [3.8, 4) is 0 Å². The van der Waals surface area contributed by atoms with Gasteiger partial charge in [-0.1, -0.05) is 5.16 Å². The Labute approximate surface area is 130 Å². The van der Waals surface area contributed by atoms with Crippen LogP contribution in [0, 0.1) is 0 Å². The molecule has 0 aliphatic carbocycles. The smallest absolute Gasteiger partial charge is 0.290 e. The predicted molar refractivity (Wildman–Crippen MR) is 76.5 cm³/mol. The van der Waals surface area contributed by atoms with E-state index in [0.29, 0.717) is 37.0 Å². The minimum atomic E-state index is -0.367. The molecule has 0 bridgehead atoms. The fraction of sp³-hybridized carbons (Fsp3) is 0.385. The normalized spacial score (nSPS) is 14.8. The number of hydrogen-bond donors (Lipinski definition) is 1. The van der Waals surface area contributed by atoms with Crippen LogP contribution in [0.2, 0.25) is 0 Å². The molecule has 2 aromatic heterocycles. The number of aromatic nitrogens is 2. The van der Waals surface area contributed by atoms with Crippen LogP contribution in [0.5, 0.6) is 0 Å². The maximum atomic E-state index is 12.2. The molecule has 1 aliphatic heterocycles. The summed E-state index contributed by atoms with van der Waals surface area (Å²) in [7, 11) is 0. The van der Waals surface area contributed by atoms with Gasteiger partial charge in [-0.25, -0.2) is 4.98 Å². The average molecular weight is 322 g/mol. The van der Waals surface area contributed by atoms with Gasteiger partial charge in [-0.05, 0) is 0 Å². The van der Waals surface area contributed by atoms with Gasteiger partial charge in [0, 0.05) is 24.5 Å². The Bertz CT molecular complexity index is 649. The van der Waals surface area contributed by atoms with E-state index < -0.39 is 0 Å². The quantitative estimate of drug-likeness (QED) is 0.882. The molecule has 0 spiro atoms. The summed E-state index contributed by atoms with van der Waals surface area (Å²) in [6.45, 7) is 2.49. The molecule has 0 radical (unpaired) electrons. The van der Waals surface area contributed by atoms with Crippen molar-refractivity contribution in [1.29, 1.82) is 0 Å². The van der Waals surface area contributed by atoms with Crippen LogP contribution in [0.3, 0.4) is 0 Å². The summed E-state index contributed by atoms with van der Waals surface area (Å²) in [5, 5.41) is 8.49. The average Bonchev–Trinajstić information content (AvgIpc) is 3.24. The Morgan fingerprint density at radius 2 is 2.18 bits per heavy atom. The van der Waals surface area contributed by atoms with E-state index in [9.17, 15) is 9.59 Å². The lowest BCUT2D eigenvalue weighted by molar-refractivity contribution is 0.0299. The minimum absolute atomic E-state index is 0.104. The number of rotatable bonds is 4. The van der Waals surface area contributed by atoms with Crippen molar-refractivity contribution in [2.45, 2.75) is 6.54 Å². The number of morpholine rings is 1. The summed E-state index contributed by atoms with van der Waals surface area (Å²) in [5.41, 5.74) is 0.399. The molecule has 0 atom stereocenters. The molecule has 2 amide bonds. The van der Waals surface area contributed by atoms with E-state index in [1.807, 2.05) is 0 Å². The molecule has 9 heteroatoms. The lowest BCUT2D eigenvalue weighted by Crippen LogP contribution is -2.40. The maximum absolute atomic E-state index is 12.2. The summed E-state index contributed by atoms with van der Waals surface area (Å²) >= 11 is 1.33. The number of carbonyl (C=O) groups excluding carboxylic acids is 2. The molecule has 1 N–H and O–H groups in total. The van der Waals surface area contributed by atoms with Gasteiger partial charge in [0.2, 0.25) is 5.76 Å². The first-order chi connectivity index (χ1) is 10.7.